The van der Waals surface area contributed by atoms with Gasteiger partial charge in [0.2, 0.25) is 0 Å². The van der Waals surface area contributed by atoms with Gasteiger partial charge in [0.05, 0.1) is 5.56 Å². The Labute approximate surface area is 80.9 Å². The molecule has 0 saturated heterocycles. The van der Waals surface area contributed by atoms with Gasteiger partial charge in [-0.1, -0.05) is 15.9 Å². The SMILES string of the molecule is N#CC(F)(F)c1ccc(Br)cc1F. The van der Waals surface area contributed by atoms with Gasteiger partial charge >= 0.3 is 5.92 Å². The van der Waals surface area contributed by atoms with E-state index in [0.717, 1.165) is 18.2 Å². The monoisotopic (exact) mass is 249 g/mol. The summed E-state index contributed by atoms with van der Waals surface area (Å²) < 4.78 is 38.5. The maximum Gasteiger partial charge on any atom is 0.360 e. The lowest BCUT2D eigenvalue weighted by Gasteiger charge is -2.08. The molecule has 68 valence electrons. The molecule has 0 N–H and O–H groups in total. The van der Waals surface area contributed by atoms with Crippen molar-refractivity contribution in [1.82, 2.24) is 0 Å². The Morgan fingerprint density at radius 3 is 2.46 bits per heavy atom. The molecule has 0 radical (unpaired) electrons. The molecule has 1 aromatic rings. The molecular weight excluding hydrogens is 247 g/mol. The molecule has 1 nitrogen and oxygen atoms in total. The third-order valence-corrected chi connectivity index (χ3v) is 1.90. The van der Waals surface area contributed by atoms with Crippen molar-refractivity contribution in [2.45, 2.75) is 5.92 Å². The average Bonchev–Trinajstić information content (AvgIpc) is 2.03. The van der Waals surface area contributed by atoms with Gasteiger partial charge in [0.25, 0.3) is 0 Å². The van der Waals surface area contributed by atoms with Gasteiger partial charge in [-0.3, -0.25) is 0 Å². The Balaban J connectivity index is 3.26. The predicted molar refractivity (Wildman–Crippen MR) is 43.6 cm³/mol. The minimum atomic E-state index is -3.77. The topological polar surface area (TPSA) is 23.8 Å². The number of nitriles is 1. The molecule has 0 spiro atoms. The second-order valence-corrected chi connectivity index (χ2v) is 3.23. The first-order chi connectivity index (χ1) is 5.97. The van der Waals surface area contributed by atoms with E-state index in [1.54, 1.807) is 0 Å². The molecule has 0 saturated carbocycles. The van der Waals surface area contributed by atoms with Gasteiger partial charge in [-0.25, -0.2) is 4.39 Å². The molecule has 0 fully saturated rings. The molecule has 1 rings (SSSR count). The van der Waals surface area contributed by atoms with Crippen LogP contribution in [0.5, 0.6) is 0 Å². The van der Waals surface area contributed by atoms with Crippen LogP contribution in [0.1, 0.15) is 5.56 Å². The van der Waals surface area contributed by atoms with E-state index in [0.29, 0.717) is 4.47 Å². The summed E-state index contributed by atoms with van der Waals surface area (Å²) in [7, 11) is 0. The maximum absolute atomic E-state index is 12.9. The summed E-state index contributed by atoms with van der Waals surface area (Å²) in [6, 6.07) is 3.75. The number of rotatable bonds is 1. The smallest absolute Gasteiger partial charge is 0.206 e. The predicted octanol–water partition coefficient (Wildman–Crippen LogP) is 3.20. The van der Waals surface area contributed by atoms with E-state index in [-0.39, 0.29) is 0 Å². The van der Waals surface area contributed by atoms with Crippen LogP contribution >= 0.6 is 15.9 Å². The molecule has 0 bridgehead atoms. The van der Waals surface area contributed by atoms with E-state index in [4.69, 9.17) is 5.26 Å². The van der Waals surface area contributed by atoms with Crippen molar-refractivity contribution in [3.63, 3.8) is 0 Å². The summed E-state index contributed by atoms with van der Waals surface area (Å²) in [6.45, 7) is 0. The quantitative estimate of drug-likeness (QED) is 0.750. The number of benzene rings is 1. The van der Waals surface area contributed by atoms with Crippen LogP contribution in [0.2, 0.25) is 0 Å². The van der Waals surface area contributed by atoms with Crippen LogP contribution in [0.3, 0.4) is 0 Å². The van der Waals surface area contributed by atoms with Crippen LogP contribution in [0.25, 0.3) is 0 Å². The number of hydrogen-bond acceptors (Lipinski definition) is 1. The zero-order chi connectivity index (χ0) is 10.1. The first-order valence-corrected chi connectivity index (χ1v) is 4.01. The number of alkyl halides is 2. The molecule has 0 unspecified atom stereocenters. The minimum Gasteiger partial charge on any atom is -0.206 e. The zero-order valence-electron chi connectivity index (χ0n) is 6.19. The minimum absolute atomic E-state index is 0.350. The summed E-state index contributed by atoms with van der Waals surface area (Å²) in [4.78, 5) is 0. The van der Waals surface area contributed by atoms with E-state index in [1.165, 1.54) is 6.07 Å². The first-order valence-electron chi connectivity index (χ1n) is 3.22. The second-order valence-electron chi connectivity index (χ2n) is 2.31. The van der Waals surface area contributed by atoms with Gasteiger partial charge in [0.15, 0.2) is 0 Å². The van der Waals surface area contributed by atoms with E-state index in [2.05, 4.69) is 15.9 Å². The average molecular weight is 250 g/mol. The van der Waals surface area contributed by atoms with E-state index >= 15 is 0 Å². The lowest BCUT2D eigenvalue weighted by atomic mass is 10.1. The van der Waals surface area contributed by atoms with Crippen LogP contribution in [-0.2, 0) is 5.92 Å². The number of halogens is 4. The molecule has 1 aromatic carbocycles. The van der Waals surface area contributed by atoms with Crippen LogP contribution < -0.4 is 0 Å². The van der Waals surface area contributed by atoms with Crippen molar-refractivity contribution in [1.29, 1.82) is 5.26 Å². The Morgan fingerprint density at radius 2 is 2.00 bits per heavy atom. The van der Waals surface area contributed by atoms with Gasteiger partial charge < -0.3 is 0 Å². The fourth-order valence-corrected chi connectivity index (χ4v) is 1.14. The molecule has 0 aliphatic carbocycles. The van der Waals surface area contributed by atoms with Crippen molar-refractivity contribution in [3.8, 4) is 6.07 Å². The molecule has 0 aliphatic rings. The zero-order valence-corrected chi connectivity index (χ0v) is 7.78. The maximum atomic E-state index is 12.9. The fourth-order valence-electron chi connectivity index (χ4n) is 0.804. The summed E-state index contributed by atoms with van der Waals surface area (Å²) >= 11 is 2.92. The number of hydrogen-bond donors (Lipinski definition) is 0. The Morgan fingerprint density at radius 1 is 1.38 bits per heavy atom. The summed E-state index contributed by atoms with van der Waals surface area (Å²) in [6.07, 6.45) is 0. The molecular formula is C8H3BrF3N. The lowest BCUT2D eigenvalue weighted by Crippen LogP contribution is -2.12. The molecule has 13 heavy (non-hydrogen) atoms. The summed E-state index contributed by atoms with van der Waals surface area (Å²) in [5, 5.41) is 8.06. The summed E-state index contributed by atoms with van der Waals surface area (Å²) in [5.41, 5.74) is -0.904. The van der Waals surface area contributed by atoms with Crippen molar-refractivity contribution in [2.24, 2.45) is 0 Å². The summed E-state index contributed by atoms with van der Waals surface area (Å²) in [5.74, 6) is -4.87. The highest BCUT2D eigenvalue weighted by atomic mass is 79.9. The highest BCUT2D eigenvalue weighted by Gasteiger charge is 2.34. The molecule has 0 aromatic heterocycles. The van der Waals surface area contributed by atoms with E-state index < -0.39 is 17.3 Å². The highest BCUT2D eigenvalue weighted by molar-refractivity contribution is 9.10. The highest BCUT2D eigenvalue weighted by Crippen LogP contribution is 2.30. The van der Waals surface area contributed by atoms with Crippen LogP contribution in [0, 0.1) is 17.1 Å². The third-order valence-electron chi connectivity index (χ3n) is 1.41. The van der Waals surface area contributed by atoms with E-state index in [9.17, 15) is 13.2 Å². The van der Waals surface area contributed by atoms with Crippen molar-refractivity contribution in [3.05, 3.63) is 34.1 Å². The molecule has 0 atom stereocenters. The van der Waals surface area contributed by atoms with Gasteiger partial charge in [-0.05, 0) is 18.2 Å². The Kier molecular flexibility index (Phi) is 2.62. The van der Waals surface area contributed by atoms with Gasteiger partial charge in [0.1, 0.15) is 11.9 Å². The largest absolute Gasteiger partial charge is 0.360 e. The standard InChI is InChI=1S/C8H3BrF3N/c9-5-1-2-6(7(10)3-5)8(11,12)4-13/h1-3H. The fraction of sp³-hybridized carbons (Fsp3) is 0.125. The molecule has 0 aliphatic heterocycles. The van der Waals surface area contributed by atoms with Crippen molar-refractivity contribution in [2.75, 3.05) is 0 Å². The van der Waals surface area contributed by atoms with Gasteiger partial charge in [-0.2, -0.15) is 14.0 Å². The van der Waals surface area contributed by atoms with Crippen LogP contribution in [-0.4, -0.2) is 0 Å². The van der Waals surface area contributed by atoms with Crippen LogP contribution in [0.15, 0.2) is 22.7 Å². The number of nitrogens with zero attached hydrogens (tertiary/aromatic N) is 1. The molecule has 5 heteroatoms. The molecule has 0 amide bonds. The lowest BCUT2D eigenvalue weighted by molar-refractivity contribution is 0.0571. The van der Waals surface area contributed by atoms with Crippen molar-refractivity contribution >= 4 is 15.9 Å². The van der Waals surface area contributed by atoms with Gasteiger partial charge in [-0.15, -0.1) is 0 Å². The Bertz CT molecular complexity index is 370. The normalized spacial score (nSPS) is 11.0. The van der Waals surface area contributed by atoms with Crippen LogP contribution in [0.4, 0.5) is 13.2 Å². The third kappa shape index (κ3) is 2.01. The Hall–Kier alpha value is -1.02. The second kappa shape index (κ2) is 3.38. The molecule has 0 heterocycles. The van der Waals surface area contributed by atoms with Gasteiger partial charge in [0, 0.05) is 4.47 Å². The van der Waals surface area contributed by atoms with Crippen molar-refractivity contribution < 1.29 is 13.2 Å². The van der Waals surface area contributed by atoms with E-state index in [1.807, 2.05) is 0 Å². The first kappa shape index (κ1) is 10.1.